The van der Waals surface area contributed by atoms with Gasteiger partial charge in [0.05, 0.1) is 18.3 Å². The van der Waals surface area contributed by atoms with Gasteiger partial charge >= 0.3 is 0 Å². The topological polar surface area (TPSA) is 29.5 Å². The predicted octanol–water partition coefficient (Wildman–Crippen LogP) is 2.35. The zero-order valence-corrected chi connectivity index (χ0v) is 8.51. The fraction of sp³-hybridized carbons (Fsp3) is 0.600. The predicted molar refractivity (Wildman–Crippen MR) is 52.9 cm³/mol. The Kier molecular flexibility index (Phi) is 2.41. The van der Waals surface area contributed by atoms with E-state index in [9.17, 15) is 0 Å². The van der Waals surface area contributed by atoms with Crippen molar-refractivity contribution in [3.05, 3.63) is 22.4 Å². The van der Waals surface area contributed by atoms with Crippen LogP contribution in [0.5, 0.6) is 0 Å². The van der Waals surface area contributed by atoms with Gasteiger partial charge in [0.25, 0.3) is 0 Å². The molecule has 0 aliphatic carbocycles. The van der Waals surface area contributed by atoms with Crippen LogP contribution in [0.1, 0.15) is 31.4 Å². The molecule has 1 saturated heterocycles. The van der Waals surface area contributed by atoms with Crippen molar-refractivity contribution in [2.24, 2.45) is 0 Å². The van der Waals surface area contributed by atoms with E-state index in [4.69, 9.17) is 9.84 Å². The second-order valence-electron chi connectivity index (χ2n) is 3.81. The van der Waals surface area contributed by atoms with Crippen molar-refractivity contribution in [2.75, 3.05) is 6.61 Å². The zero-order chi connectivity index (χ0) is 9.31. The fourth-order valence-corrected chi connectivity index (χ4v) is 2.41. The monoisotopic (exact) mass is 198 g/mol. The van der Waals surface area contributed by atoms with E-state index in [0.717, 1.165) is 12.8 Å². The quantitative estimate of drug-likeness (QED) is 0.790. The molecule has 1 aromatic heterocycles. The summed E-state index contributed by atoms with van der Waals surface area (Å²) in [5.74, 6) is 0. The molecule has 2 nitrogen and oxygen atoms in total. The molecule has 1 aliphatic rings. The number of hydrogen-bond acceptors (Lipinski definition) is 3. The van der Waals surface area contributed by atoms with Crippen LogP contribution in [0.2, 0.25) is 0 Å². The third-order valence-corrected chi connectivity index (χ3v) is 3.31. The van der Waals surface area contributed by atoms with Crippen molar-refractivity contribution in [1.29, 1.82) is 0 Å². The number of thiophene rings is 1. The third kappa shape index (κ3) is 1.77. The molecule has 2 heterocycles. The Morgan fingerprint density at radius 3 is 3.15 bits per heavy atom. The lowest BCUT2D eigenvalue weighted by Gasteiger charge is -2.21. The summed E-state index contributed by atoms with van der Waals surface area (Å²) in [7, 11) is 0. The van der Waals surface area contributed by atoms with Gasteiger partial charge in [0.15, 0.2) is 0 Å². The minimum atomic E-state index is -0.313. The van der Waals surface area contributed by atoms with E-state index in [1.807, 2.05) is 6.92 Å². The molecule has 2 unspecified atom stereocenters. The summed E-state index contributed by atoms with van der Waals surface area (Å²) in [6, 6.07) is 2.10. The van der Waals surface area contributed by atoms with Crippen LogP contribution in [0.15, 0.2) is 16.8 Å². The highest BCUT2D eigenvalue weighted by Crippen LogP contribution is 2.39. The van der Waals surface area contributed by atoms with E-state index in [1.54, 1.807) is 11.3 Å². The number of ether oxygens (including phenoxy) is 1. The van der Waals surface area contributed by atoms with Crippen molar-refractivity contribution < 1.29 is 9.84 Å². The van der Waals surface area contributed by atoms with Crippen LogP contribution in [0.3, 0.4) is 0 Å². The van der Waals surface area contributed by atoms with Crippen LogP contribution in [-0.4, -0.2) is 17.3 Å². The molecule has 0 saturated carbocycles. The molecule has 0 radical (unpaired) electrons. The average Bonchev–Trinajstić information content (AvgIpc) is 2.73. The molecule has 0 amide bonds. The standard InChI is InChI=1S/C10H14O2S/c1-10(7-11)4-2-9(12-10)8-3-5-13-6-8/h3,5-6,9,11H,2,4,7H2,1H3. The Hall–Kier alpha value is -0.380. The maximum atomic E-state index is 9.12. The Balaban J connectivity index is 2.07. The summed E-state index contributed by atoms with van der Waals surface area (Å²) in [6.45, 7) is 2.09. The molecule has 1 N–H and O–H groups in total. The Labute approximate surface area is 82.2 Å². The second-order valence-corrected chi connectivity index (χ2v) is 4.59. The van der Waals surface area contributed by atoms with Crippen LogP contribution in [0, 0.1) is 0 Å². The van der Waals surface area contributed by atoms with Gasteiger partial charge in [0, 0.05) is 0 Å². The maximum Gasteiger partial charge on any atom is 0.0893 e. The Morgan fingerprint density at radius 2 is 2.62 bits per heavy atom. The normalized spacial score (nSPS) is 33.8. The van der Waals surface area contributed by atoms with Gasteiger partial charge < -0.3 is 9.84 Å². The summed E-state index contributed by atoms with van der Waals surface area (Å²) in [5.41, 5.74) is 0.939. The fourth-order valence-electron chi connectivity index (χ4n) is 1.71. The van der Waals surface area contributed by atoms with E-state index < -0.39 is 0 Å². The zero-order valence-electron chi connectivity index (χ0n) is 7.69. The first kappa shape index (κ1) is 9.19. The molecular formula is C10H14O2S. The molecule has 13 heavy (non-hydrogen) atoms. The maximum absolute atomic E-state index is 9.12. The smallest absolute Gasteiger partial charge is 0.0893 e. The minimum Gasteiger partial charge on any atom is -0.393 e. The first-order valence-electron chi connectivity index (χ1n) is 4.54. The highest BCUT2D eigenvalue weighted by atomic mass is 32.1. The number of rotatable bonds is 2. The van der Waals surface area contributed by atoms with Gasteiger partial charge in [-0.05, 0) is 42.2 Å². The van der Waals surface area contributed by atoms with Gasteiger partial charge in [-0.25, -0.2) is 0 Å². The molecule has 3 heteroatoms. The lowest BCUT2D eigenvalue weighted by Crippen LogP contribution is -2.27. The summed E-state index contributed by atoms with van der Waals surface area (Å²) in [4.78, 5) is 0. The lowest BCUT2D eigenvalue weighted by molar-refractivity contribution is -0.0617. The van der Waals surface area contributed by atoms with Gasteiger partial charge in [0.1, 0.15) is 0 Å². The molecule has 0 bridgehead atoms. The van der Waals surface area contributed by atoms with Crippen LogP contribution < -0.4 is 0 Å². The number of aliphatic hydroxyl groups is 1. The first-order chi connectivity index (χ1) is 6.23. The molecule has 0 spiro atoms. The van der Waals surface area contributed by atoms with Gasteiger partial charge in [-0.1, -0.05) is 0 Å². The van der Waals surface area contributed by atoms with E-state index in [-0.39, 0.29) is 18.3 Å². The van der Waals surface area contributed by atoms with E-state index in [2.05, 4.69) is 16.8 Å². The molecule has 2 rings (SSSR count). The highest BCUT2D eigenvalue weighted by Gasteiger charge is 2.36. The van der Waals surface area contributed by atoms with Gasteiger partial charge in [-0.15, -0.1) is 0 Å². The highest BCUT2D eigenvalue weighted by molar-refractivity contribution is 7.07. The van der Waals surface area contributed by atoms with Crippen molar-refractivity contribution >= 4 is 11.3 Å². The van der Waals surface area contributed by atoms with Crippen LogP contribution in [0.25, 0.3) is 0 Å². The molecule has 0 aromatic carbocycles. The Bertz CT molecular complexity index is 270. The first-order valence-corrected chi connectivity index (χ1v) is 5.48. The average molecular weight is 198 g/mol. The summed E-state index contributed by atoms with van der Waals surface area (Å²) in [5, 5.41) is 13.3. The summed E-state index contributed by atoms with van der Waals surface area (Å²) < 4.78 is 5.80. The summed E-state index contributed by atoms with van der Waals surface area (Å²) >= 11 is 1.69. The largest absolute Gasteiger partial charge is 0.393 e. The van der Waals surface area contributed by atoms with Gasteiger partial charge in [-0.2, -0.15) is 11.3 Å². The van der Waals surface area contributed by atoms with Gasteiger partial charge in [-0.3, -0.25) is 0 Å². The van der Waals surface area contributed by atoms with Crippen molar-refractivity contribution in [2.45, 2.75) is 31.5 Å². The third-order valence-electron chi connectivity index (χ3n) is 2.61. The molecule has 2 atom stereocenters. The van der Waals surface area contributed by atoms with Crippen molar-refractivity contribution in [1.82, 2.24) is 0 Å². The van der Waals surface area contributed by atoms with Crippen LogP contribution >= 0.6 is 11.3 Å². The molecule has 1 aliphatic heterocycles. The second kappa shape index (κ2) is 3.40. The van der Waals surface area contributed by atoms with E-state index in [1.165, 1.54) is 5.56 Å². The molecule has 72 valence electrons. The minimum absolute atomic E-state index is 0.119. The van der Waals surface area contributed by atoms with E-state index >= 15 is 0 Å². The van der Waals surface area contributed by atoms with E-state index in [0.29, 0.717) is 0 Å². The Morgan fingerprint density at radius 1 is 1.77 bits per heavy atom. The van der Waals surface area contributed by atoms with Crippen molar-refractivity contribution in [3.63, 3.8) is 0 Å². The molecule has 1 fully saturated rings. The van der Waals surface area contributed by atoms with Crippen LogP contribution in [-0.2, 0) is 4.74 Å². The van der Waals surface area contributed by atoms with Crippen LogP contribution in [0.4, 0.5) is 0 Å². The lowest BCUT2D eigenvalue weighted by atomic mass is 10.0. The van der Waals surface area contributed by atoms with Crippen molar-refractivity contribution in [3.8, 4) is 0 Å². The number of aliphatic hydroxyl groups excluding tert-OH is 1. The number of hydrogen-bond donors (Lipinski definition) is 1. The SMILES string of the molecule is CC1(CO)CCC(c2ccsc2)O1. The molecule has 1 aromatic rings. The van der Waals surface area contributed by atoms with Gasteiger partial charge in [0.2, 0.25) is 0 Å². The molecular weight excluding hydrogens is 184 g/mol. The summed E-state index contributed by atoms with van der Waals surface area (Å²) in [6.07, 6.45) is 2.17.